The fraction of sp³-hybridized carbons (Fsp3) is 0.250. The molecule has 2 heterocycles. The van der Waals surface area contributed by atoms with Gasteiger partial charge >= 0.3 is 0 Å². The number of hydrogen-bond acceptors (Lipinski definition) is 5. The second-order valence-corrected chi connectivity index (χ2v) is 10.5. The van der Waals surface area contributed by atoms with E-state index in [0.717, 1.165) is 17.7 Å². The van der Waals surface area contributed by atoms with Gasteiger partial charge in [-0.05, 0) is 78.7 Å². The van der Waals surface area contributed by atoms with E-state index in [1.807, 2.05) is 19.1 Å². The minimum Gasteiger partial charge on any atom is -0.494 e. The van der Waals surface area contributed by atoms with Gasteiger partial charge in [0.25, 0.3) is 10.0 Å². The number of fused-ring (bicyclic) bond motifs is 3. The molecule has 3 aromatic rings. The van der Waals surface area contributed by atoms with Crippen LogP contribution in [0.1, 0.15) is 35.7 Å². The zero-order valence-electron chi connectivity index (χ0n) is 17.1. The molecular weight excluding hydrogens is 428 g/mol. The Kier molecular flexibility index (Phi) is 5.24. The number of rotatable bonds is 6. The Labute approximate surface area is 186 Å². The highest BCUT2D eigenvalue weighted by molar-refractivity contribution is 7.92. The summed E-state index contributed by atoms with van der Waals surface area (Å²) in [6, 6.07) is 16.8. The van der Waals surface area contributed by atoms with Crippen LogP contribution in [0.15, 0.2) is 77.0 Å². The van der Waals surface area contributed by atoms with Crippen LogP contribution in [-0.2, 0) is 10.0 Å². The quantitative estimate of drug-likeness (QED) is 0.466. The largest absolute Gasteiger partial charge is 0.494 e. The van der Waals surface area contributed by atoms with Crippen molar-refractivity contribution < 1.29 is 13.2 Å². The summed E-state index contributed by atoms with van der Waals surface area (Å²) >= 11 is 1.76. The number of anilines is 2. The molecule has 2 aliphatic rings. The second-order valence-electron chi connectivity index (χ2n) is 7.80. The van der Waals surface area contributed by atoms with Gasteiger partial charge in [0.1, 0.15) is 5.75 Å². The number of allylic oxidation sites excluding steroid dienone is 2. The molecule has 0 amide bonds. The molecule has 0 spiro atoms. The number of hydrogen-bond donors (Lipinski definition) is 2. The topological polar surface area (TPSA) is 67.4 Å². The van der Waals surface area contributed by atoms with E-state index in [0.29, 0.717) is 24.0 Å². The Hall–Kier alpha value is -2.77. The number of ether oxygens (including phenoxy) is 1. The summed E-state index contributed by atoms with van der Waals surface area (Å²) in [5.74, 6) is 1.32. The van der Waals surface area contributed by atoms with Crippen molar-refractivity contribution in [1.29, 1.82) is 0 Å². The molecule has 5 rings (SSSR count). The van der Waals surface area contributed by atoms with Crippen molar-refractivity contribution in [1.82, 2.24) is 0 Å². The van der Waals surface area contributed by atoms with Crippen molar-refractivity contribution >= 4 is 32.7 Å². The third kappa shape index (κ3) is 3.83. The van der Waals surface area contributed by atoms with Crippen molar-refractivity contribution in [3.05, 3.63) is 82.6 Å². The first kappa shape index (κ1) is 20.2. The van der Waals surface area contributed by atoms with E-state index in [4.69, 9.17) is 4.74 Å². The van der Waals surface area contributed by atoms with Crippen molar-refractivity contribution in [2.45, 2.75) is 30.2 Å². The number of sulfonamides is 1. The highest BCUT2D eigenvalue weighted by Crippen LogP contribution is 2.50. The van der Waals surface area contributed by atoms with Gasteiger partial charge in [-0.25, -0.2) is 8.42 Å². The van der Waals surface area contributed by atoms with Crippen LogP contribution in [0.5, 0.6) is 5.75 Å². The fourth-order valence-electron chi connectivity index (χ4n) is 4.49. The highest BCUT2D eigenvalue weighted by Gasteiger charge is 2.38. The third-order valence-electron chi connectivity index (χ3n) is 5.91. The first-order valence-electron chi connectivity index (χ1n) is 10.4. The van der Waals surface area contributed by atoms with E-state index in [2.05, 4.69) is 39.7 Å². The molecule has 31 heavy (non-hydrogen) atoms. The predicted octanol–water partition coefficient (Wildman–Crippen LogP) is 5.77. The average Bonchev–Trinajstić information content (AvgIpc) is 3.47. The molecule has 2 N–H and O–H groups in total. The molecule has 2 aromatic carbocycles. The molecule has 3 unspecified atom stereocenters. The van der Waals surface area contributed by atoms with Gasteiger partial charge in [0.2, 0.25) is 0 Å². The van der Waals surface area contributed by atoms with Gasteiger partial charge in [0.05, 0.1) is 17.5 Å². The maximum atomic E-state index is 13.1. The molecule has 0 saturated heterocycles. The van der Waals surface area contributed by atoms with Crippen LogP contribution in [0.3, 0.4) is 0 Å². The molecule has 0 saturated carbocycles. The van der Waals surface area contributed by atoms with E-state index in [-0.39, 0.29) is 16.9 Å². The van der Waals surface area contributed by atoms with Gasteiger partial charge in [-0.3, -0.25) is 4.72 Å². The molecule has 1 aromatic heterocycles. The Morgan fingerprint density at radius 1 is 1.16 bits per heavy atom. The van der Waals surface area contributed by atoms with E-state index in [9.17, 15) is 8.42 Å². The number of nitrogens with one attached hydrogen (secondary N) is 2. The van der Waals surface area contributed by atoms with Crippen LogP contribution in [0, 0.1) is 5.92 Å². The molecule has 0 fully saturated rings. The zero-order valence-corrected chi connectivity index (χ0v) is 18.7. The van der Waals surface area contributed by atoms with Crippen molar-refractivity contribution in [3.8, 4) is 5.75 Å². The Morgan fingerprint density at radius 2 is 2.00 bits per heavy atom. The summed E-state index contributed by atoms with van der Waals surface area (Å²) in [4.78, 5) is 1.59. The first-order valence-corrected chi connectivity index (χ1v) is 12.8. The summed E-state index contributed by atoms with van der Waals surface area (Å²) in [5, 5.41) is 5.76. The molecule has 5 nitrogen and oxygen atoms in total. The summed E-state index contributed by atoms with van der Waals surface area (Å²) < 4.78 is 34.2. The Morgan fingerprint density at radius 3 is 2.74 bits per heavy atom. The lowest BCUT2D eigenvalue weighted by molar-refractivity contribution is 0.340. The van der Waals surface area contributed by atoms with Crippen molar-refractivity contribution in [2.24, 2.45) is 5.92 Å². The Balaban J connectivity index is 1.43. The lowest BCUT2D eigenvalue weighted by Crippen LogP contribution is -2.28. The SMILES string of the molecule is CCOc1ccc(NS(=O)(=O)c2ccc3c(c2)C2C=CCC2C(c2cccs2)N3)cc1. The lowest BCUT2D eigenvalue weighted by Gasteiger charge is -2.37. The van der Waals surface area contributed by atoms with Crippen LogP contribution in [0.2, 0.25) is 0 Å². The monoisotopic (exact) mass is 452 g/mol. The fourth-order valence-corrected chi connectivity index (χ4v) is 6.43. The summed E-state index contributed by atoms with van der Waals surface area (Å²) in [7, 11) is -3.70. The molecular formula is C24H24N2O3S2. The third-order valence-corrected chi connectivity index (χ3v) is 8.25. The molecule has 0 radical (unpaired) electrons. The minimum absolute atomic E-state index is 0.212. The summed E-state index contributed by atoms with van der Waals surface area (Å²) in [5.41, 5.74) is 2.56. The van der Waals surface area contributed by atoms with Crippen LogP contribution >= 0.6 is 11.3 Å². The van der Waals surface area contributed by atoms with Crippen LogP contribution in [0.25, 0.3) is 0 Å². The number of benzene rings is 2. The predicted molar refractivity (Wildman–Crippen MR) is 126 cm³/mol. The van der Waals surface area contributed by atoms with E-state index in [1.54, 1.807) is 41.7 Å². The van der Waals surface area contributed by atoms with Gasteiger partial charge in [0, 0.05) is 22.2 Å². The highest BCUT2D eigenvalue weighted by atomic mass is 32.2. The van der Waals surface area contributed by atoms with E-state index in [1.165, 1.54) is 4.88 Å². The summed E-state index contributed by atoms with van der Waals surface area (Å²) in [6.07, 6.45) is 5.42. The maximum absolute atomic E-state index is 13.1. The van der Waals surface area contributed by atoms with Crippen LogP contribution in [0.4, 0.5) is 11.4 Å². The maximum Gasteiger partial charge on any atom is 0.261 e. The van der Waals surface area contributed by atoms with Crippen molar-refractivity contribution in [3.63, 3.8) is 0 Å². The lowest BCUT2D eigenvalue weighted by atomic mass is 9.79. The van der Waals surface area contributed by atoms with Gasteiger partial charge in [0.15, 0.2) is 0 Å². The standard InChI is InChI=1S/C24H24N2O3S2/c1-2-29-17-10-8-16(9-11-17)26-31(27,28)18-12-13-22-21(15-18)19-5-3-6-20(19)24(25-22)23-7-4-14-30-23/h3-5,7-15,19-20,24-26H,2,6H2,1H3. The zero-order chi connectivity index (χ0) is 21.4. The van der Waals surface area contributed by atoms with E-state index < -0.39 is 10.0 Å². The average molecular weight is 453 g/mol. The van der Waals surface area contributed by atoms with Gasteiger partial charge < -0.3 is 10.1 Å². The Bertz CT molecular complexity index is 1200. The van der Waals surface area contributed by atoms with E-state index >= 15 is 0 Å². The second kappa shape index (κ2) is 8.05. The van der Waals surface area contributed by atoms with Crippen LogP contribution < -0.4 is 14.8 Å². The molecule has 1 aliphatic heterocycles. The van der Waals surface area contributed by atoms with Crippen molar-refractivity contribution in [2.75, 3.05) is 16.6 Å². The van der Waals surface area contributed by atoms with Gasteiger partial charge in [-0.15, -0.1) is 11.3 Å². The molecule has 3 atom stereocenters. The van der Waals surface area contributed by atoms with Gasteiger partial charge in [-0.1, -0.05) is 18.2 Å². The van der Waals surface area contributed by atoms with Crippen LogP contribution in [-0.4, -0.2) is 15.0 Å². The summed E-state index contributed by atoms with van der Waals surface area (Å²) in [6.45, 7) is 2.48. The molecule has 1 aliphatic carbocycles. The molecule has 7 heteroatoms. The normalized spacial score (nSPS) is 21.8. The molecule has 0 bridgehead atoms. The number of thiophene rings is 1. The molecule has 160 valence electrons. The minimum atomic E-state index is -3.70. The van der Waals surface area contributed by atoms with Gasteiger partial charge in [-0.2, -0.15) is 0 Å². The smallest absolute Gasteiger partial charge is 0.261 e. The first-order chi connectivity index (χ1) is 15.0.